The number of guanidine groups is 1. The number of rotatable bonds is 2. The van der Waals surface area contributed by atoms with E-state index in [0.29, 0.717) is 0 Å². The van der Waals surface area contributed by atoms with E-state index in [0.717, 1.165) is 28.8 Å². The Balaban J connectivity index is 2.28. The summed E-state index contributed by atoms with van der Waals surface area (Å²) in [5.74, 6) is 1.02. The van der Waals surface area contributed by atoms with E-state index >= 15 is 0 Å². The number of nitrogens with zero attached hydrogens (tertiary/aromatic N) is 4. The molecule has 7 heteroatoms. The summed E-state index contributed by atoms with van der Waals surface area (Å²) in [6.07, 6.45) is 1.64. The van der Waals surface area contributed by atoms with E-state index in [2.05, 4.69) is 19.8 Å². The van der Waals surface area contributed by atoms with Crippen LogP contribution in [0.1, 0.15) is 11.4 Å². The summed E-state index contributed by atoms with van der Waals surface area (Å²) < 4.78 is 2.12. The largest absolute Gasteiger partial charge is 0.369 e. The average Bonchev–Trinajstić information content (AvgIpc) is 2.68. The van der Waals surface area contributed by atoms with Gasteiger partial charge < -0.3 is 16.0 Å². The van der Waals surface area contributed by atoms with Crippen molar-refractivity contribution in [1.29, 1.82) is 0 Å². The molecule has 1 aromatic rings. The molecule has 2 heterocycles. The molecule has 0 spiro atoms. The van der Waals surface area contributed by atoms with E-state index in [1.807, 2.05) is 6.92 Å². The second-order valence-corrected chi connectivity index (χ2v) is 4.20. The van der Waals surface area contributed by atoms with E-state index < -0.39 is 0 Å². The monoisotopic (exact) mass is 224 g/mol. The summed E-state index contributed by atoms with van der Waals surface area (Å²) in [5, 5.41) is 8.39. The summed E-state index contributed by atoms with van der Waals surface area (Å²) >= 11 is 1.75. The lowest BCUT2D eigenvalue weighted by Gasteiger charge is -1.97. The Labute approximate surface area is 91.5 Å². The van der Waals surface area contributed by atoms with Gasteiger partial charge in [-0.3, -0.25) is 0 Å². The Bertz CT molecular complexity index is 429. The highest BCUT2D eigenvalue weighted by Gasteiger charge is 2.18. The van der Waals surface area contributed by atoms with E-state index in [1.54, 1.807) is 18.0 Å². The minimum atomic E-state index is -0.0422. The first-order chi connectivity index (χ1) is 7.18. The molecular formula is C8H12N6S. The summed E-state index contributed by atoms with van der Waals surface area (Å²) in [5.41, 5.74) is 12.3. The van der Waals surface area contributed by atoms with Gasteiger partial charge in [-0.15, -0.1) is 5.10 Å². The molecule has 2 rings (SSSR count). The minimum Gasteiger partial charge on any atom is -0.369 e. The number of aryl methyl sites for hydroxylation is 1. The van der Waals surface area contributed by atoms with E-state index in [4.69, 9.17) is 11.5 Å². The maximum absolute atomic E-state index is 5.17. The van der Waals surface area contributed by atoms with Crippen LogP contribution in [0, 0.1) is 6.92 Å². The van der Waals surface area contributed by atoms with Crippen molar-refractivity contribution < 1.29 is 0 Å². The molecule has 0 saturated heterocycles. The first-order valence-electron chi connectivity index (χ1n) is 4.50. The molecule has 0 bridgehead atoms. The summed E-state index contributed by atoms with van der Waals surface area (Å²) in [6.45, 7) is 2.91. The highest BCUT2D eigenvalue weighted by atomic mass is 32.2. The third-order valence-electron chi connectivity index (χ3n) is 2.06. The maximum Gasteiger partial charge on any atom is 0.211 e. The zero-order valence-electron chi connectivity index (χ0n) is 8.34. The second kappa shape index (κ2) is 3.93. The SMILES string of the molecule is Cc1nc2n(c1/C=N\N=C(N)N)CCS2. The third-order valence-corrected chi connectivity index (χ3v) is 3.01. The Morgan fingerprint density at radius 1 is 1.60 bits per heavy atom. The summed E-state index contributed by atoms with van der Waals surface area (Å²) in [6, 6.07) is 0. The van der Waals surface area contributed by atoms with Gasteiger partial charge >= 0.3 is 0 Å². The predicted molar refractivity (Wildman–Crippen MR) is 61.1 cm³/mol. The van der Waals surface area contributed by atoms with Crippen molar-refractivity contribution in [2.75, 3.05) is 5.75 Å². The van der Waals surface area contributed by atoms with Gasteiger partial charge in [-0.2, -0.15) is 5.10 Å². The number of hydrogen-bond donors (Lipinski definition) is 2. The predicted octanol–water partition coefficient (Wildman–Crippen LogP) is -0.0955. The van der Waals surface area contributed by atoms with Gasteiger partial charge in [0.25, 0.3) is 0 Å². The van der Waals surface area contributed by atoms with Crippen LogP contribution in [-0.2, 0) is 6.54 Å². The van der Waals surface area contributed by atoms with Crippen LogP contribution in [0.25, 0.3) is 0 Å². The summed E-state index contributed by atoms with van der Waals surface area (Å²) in [7, 11) is 0. The van der Waals surface area contributed by atoms with Crippen molar-refractivity contribution in [2.45, 2.75) is 18.6 Å². The quantitative estimate of drug-likeness (QED) is 0.417. The lowest BCUT2D eigenvalue weighted by Crippen LogP contribution is -2.21. The molecule has 0 unspecified atom stereocenters. The maximum atomic E-state index is 5.17. The number of imidazole rings is 1. The first-order valence-corrected chi connectivity index (χ1v) is 5.49. The molecule has 0 saturated carbocycles. The molecule has 80 valence electrons. The Morgan fingerprint density at radius 3 is 3.13 bits per heavy atom. The number of thioether (sulfide) groups is 1. The van der Waals surface area contributed by atoms with Crippen molar-refractivity contribution in [3.05, 3.63) is 11.4 Å². The molecule has 0 atom stereocenters. The average molecular weight is 224 g/mol. The van der Waals surface area contributed by atoms with Crippen LogP contribution in [0.2, 0.25) is 0 Å². The second-order valence-electron chi connectivity index (χ2n) is 3.13. The van der Waals surface area contributed by atoms with Crippen LogP contribution in [0.4, 0.5) is 0 Å². The fourth-order valence-corrected chi connectivity index (χ4v) is 2.43. The van der Waals surface area contributed by atoms with Gasteiger partial charge in [0.05, 0.1) is 17.6 Å². The van der Waals surface area contributed by atoms with Crippen LogP contribution < -0.4 is 11.5 Å². The smallest absolute Gasteiger partial charge is 0.211 e. The zero-order valence-corrected chi connectivity index (χ0v) is 9.16. The first kappa shape index (κ1) is 10.0. The fraction of sp³-hybridized carbons (Fsp3) is 0.375. The van der Waals surface area contributed by atoms with Crippen molar-refractivity contribution in [3.63, 3.8) is 0 Å². The van der Waals surface area contributed by atoms with Crippen LogP contribution in [-0.4, -0.2) is 27.5 Å². The molecule has 1 aliphatic rings. The van der Waals surface area contributed by atoms with Crippen molar-refractivity contribution >= 4 is 23.9 Å². The molecule has 1 aliphatic heterocycles. The van der Waals surface area contributed by atoms with Gasteiger partial charge in [-0.1, -0.05) is 11.8 Å². The molecule has 0 amide bonds. The van der Waals surface area contributed by atoms with E-state index in [9.17, 15) is 0 Å². The van der Waals surface area contributed by atoms with Crippen LogP contribution >= 0.6 is 11.8 Å². The van der Waals surface area contributed by atoms with Gasteiger partial charge in [-0.25, -0.2) is 4.98 Å². The topological polar surface area (TPSA) is 94.6 Å². The third kappa shape index (κ3) is 1.96. The van der Waals surface area contributed by atoms with E-state index in [1.165, 1.54) is 0 Å². The van der Waals surface area contributed by atoms with Crippen LogP contribution in [0.15, 0.2) is 15.4 Å². The molecular weight excluding hydrogens is 212 g/mol. The molecule has 4 N–H and O–H groups in total. The molecule has 6 nitrogen and oxygen atoms in total. The van der Waals surface area contributed by atoms with Gasteiger partial charge in [0, 0.05) is 12.3 Å². The van der Waals surface area contributed by atoms with E-state index in [-0.39, 0.29) is 5.96 Å². The number of aromatic nitrogens is 2. The lowest BCUT2D eigenvalue weighted by molar-refractivity contribution is 0.715. The van der Waals surface area contributed by atoms with Crippen molar-refractivity contribution in [2.24, 2.45) is 21.7 Å². The van der Waals surface area contributed by atoms with Gasteiger partial charge in [0.15, 0.2) is 5.16 Å². The van der Waals surface area contributed by atoms with Crippen molar-refractivity contribution in [1.82, 2.24) is 9.55 Å². The van der Waals surface area contributed by atoms with Crippen molar-refractivity contribution in [3.8, 4) is 0 Å². The van der Waals surface area contributed by atoms with Crippen LogP contribution in [0.5, 0.6) is 0 Å². The number of fused-ring (bicyclic) bond motifs is 1. The highest BCUT2D eigenvalue weighted by molar-refractivity contribution is 7.99. The Kier molecular flexibility index (Phi) is 2.63. The molecule has 0 fully saturated rings. The molecule has 0 radical (unpaired) electrons. The molecule has 1 aromatic heterocycles. The molecule has 0 aromatic carbocycles. The van der Waals surface area contributed by atoms with Gasteiger partial charge in [-0.05, 0) is 6.92 Å². The molecule has 0 aliphatic carbocycles. The number of nitrogens with two attached hydrogens (primary N) is 2. The fourth-order valence-electron chi connectivity index (χ4n) is 1.43. The normalized spacial score (nSPS) is 14.5. The Morgan fingerprint density at radius 2 is 2.40 bits per heavy atom. The van der Waals surface area contributed by atoms with Gasteiger partial charge in [0.2, 0.25) is 5.96 Å². The zero-order chi connectivity index (χ0) is 10.8. The Hall–Kier alpha value is -1.50. The molecule has 15 heavy (non-hydrogen) atoms. The standard InChI is InChI=1S/C8H12N6S/c1-5-6(4-11-13-7(9)10)14-2-3-15-8(14)12-5/h4H,2-3H2,1H3,(H4,9,10,13)/b11-4-. The van der Waals surface area contributed by atoms with Gasteiger partial charge in [0.1, 0.15) is 0 Å². The summed E-state index contributed by atoms with van der Waals surface area (Å²) in [4.78, 5) is 4.41. The highest BCUT2D eigenvalue weighted by Crippen LogP contribution is 2.26. The minimum absolute atomic E-state index is 0.0422. The number of hydrogen-bond acceptors (Lipinski definition) is 4. The van der Waals surface area contributed by atoms with Crippen LogP contribution in [0.3, 0.4) is 0 Å². The lowest BCUT2D eigenvalue weighted by atomic mass is 10.3.